The third-order valence-corrected chi connectivity index (χ3v) is 2.30. The van der Waals surface area contributed by atoms with E-state index in [4.69, 9.17) is 4.74 Å². The number of hydrogen-bond donors (Lipinski definition) is 2. The minimum atomic E-state index is -0.410. The van der Waals surface area contributed by atoms with Gasteiger partial charge < -0.3 is 15.2 Å². The highest BCUT2D eigenvalue weighted by Gasteiger charge is 2.04. The molecule has 0 radical (unpaired) electrons. The molecule has 0 atom stereocenters. The summed E-state index contributed by atoms with van der Waals surface area (Å²) in [4.78, 5) is 0. The predicted octanol–water partition coefficient (Wildman–Crippen LogP) is 3.28. The normalized spacial score (nSPS) is 10.0. The fraction of sp³-hybridized carbons (Fsp3) is 0.0769. The van der Waals surface area contributed by atoms with E-state index in [9.17, 15) is 9.50 Å². The van der Waals surface area contributed by atoms with E-state index in [2.05, 4.69) is 5.32 Å². The molecule has 0 aliphatic rings. The first-order valence-corrected chi connectivity index (χ1v) is 5.08. The molecule has 0 spiro atoms. The number of hydrogen-bond acceptors (Lipinski definition) is 3. The molecule has 0 fully saturated rings. The highest BCUT2D eigenvalue weighted by Crippen LogP contribution is 2.25. The van der Waals surface area contributed by atoms with Gasteiger partial charge >= 0.3 is 0 Å². The first kappa shape index (κ1) is 11.3. The third-order valence-electron chi connectivity index (χ3n) is 2.30. The van der Waals surface area contributed by atoms with Crippen molar-refractivity contribution in [3.05, 3.63) is 48.3 Å². The van der Waals surface area contributed by atoms with Crippen molar-refractivity contribution < 1.29 is 14.2 Å². The SMILES string of the molecule is COc1ccc(Nc2cccc(O)c2)c(F)c1. The van der Waals surface area contributed by atoms with Crippen LogP contribution in [0.1, 0.15) is 0 Å². The quantitative estimate of drug-likeness (QED) is 0.854. The van der Waals surface area contributed by atoms with E-state index in [0.717, 1.165) is 0 Å². The Morgan fingerprint density at radius 2 is 2.00 bits per heavy atom. The Labute approximate surface area is 98.5 Å². The first-order valence-electron chi connectivity index (χ1n) is 5.08. The van der Waals surface area contributed by atoms with Crippen LogP contribution in [0, 0.1) is 5.82 Å². The molecule has 17 heavy (non-hydrogen) atoms. The Bertz CT molecular complexity index is 529. The van der Waals surface area contributed by atoms with E-state index in [0.29, 0.717) is 17.1 Å². The van der Waals surface area contributed by atoms with Crippen molar-refractivity contribution in [1.82, 2.24) is 0 Å². The largest absolute Gasteiger partial charge is 0.508 e. The number of methoxy groups -OCH3 is 1. The maximum absolute atomic E-state index is 13.6. The molecule has 2 aromatic carbocycles. The molecule has 4 heteroatoms. The molecule has 2 aromatic rings. The van der Waals surface area contributed by atoms with Gasteiger partial charge in [0.05, 0.1) is 12.8 Å². The molecule has 3 nitrogen and oxygen atoms in total. The number of anilines is 2. The molecule has 0 heterocycles. The van der Waals surface area contributed by atoms with Gasteiger partial charge in [0.2, 0.25) is 0 Å². The molecule has 0 bridgehead atoms. The van der Waals surface area contributed by atoms with Crippen LogP contribution in [-0.4, -0.2) is 12.2 Å². The predicted molar refractivity (Wildman–Crippen MR) is 64.3 cm³/mol. The number of phenolic OH excluding ortho intramolecular Hbond substituents is 1. The van der Waals surface area contributed by atoms with Crippen LogP contribution < -0.4 is 10.1 Å². The fourth-order valence-corrected chi connectivity index (χ4v) is 1.46. The number of ether oxygens (including phenoxy) is 1. The van der Waals surface area contributed by atoms with Gasteiger partial charge in [-0.3, -0.25) is 0 Å². The van der Waals surface area contributed by atoms with Gasteiger partial charge in [-0.05, 0) is 24.3 Å². The molecule has 88 valence electrons. The summed E-state index contributed by atoms with van der Waals surface area (Å²) in [5.41, 5.74) is 0.950. The molecule has 2 N–H and O–H groups in total. The summed E-state index contributed by atoms with van der Waals surface area (Å²) in [6.07, 6.45) is 0. The fourth-order valence-electron chi connectivity index (χ4n) is 1.46. The number of rotatable bonds is 3. The van der Waals surface area contributed by atoms with Gasteiger partial charge in [0.25, 0.3) is 0 Å². The van der Waals surface area contributed by atoms with Crippen LogP contribution in [0.15, 0.2) is 42.5 Å². The average molecular weight is 233 g/mol. The Morgan fingerprint density at radius 3 is 2.65 bits per heavy atom. The summed E-state index contributed by atoms with van der Waals surface area (Å²) in [6, 6.07) is 11.0. The maximum atomic E-state index is 13.6. The van der Waals surface area contributed by atoms with E-state index < -0.39 is 5.82 Å². The van der Waals surface area contributed by atoms with Crippen LogP contribution >= 0.6 is 0 Å². The highest BCUT2D eigenvalue weighted by molar-refractivity contribution is 5.62. The van der Waals surface area contributed by atoms with Crippen LogP contribution in [0.4, 0.5) is 15.8 Å². The molecular weight excluding hydrogens is 221 g/mol. The summed E-state index contributed by atoms with van der Waals surface area (Å²) < 4.78 is 18.5. The molecule has 0 saturated carbocycles. The van der Waals surface area contributed by atoms with Gasteiger partial charge in [0.15, 0.2) is 0 Å². The molecule has 0 unspecified atom stereocenters. The van der Waals surface area contributed by atoms with Crippen molar-refractivity contribution in [2.24, 2.45) is 0 Å². The van der Waals surface area contributed by atoms with Gasteiger partial charge in [0, 0.05) is 17.8 Å². The Balaban J connectivity index is 2.24. The van der Waals surface area contributed by atoms with E-state index in [1.54, 1.807) is 30.3 Å². The molecule has 0 amide bonds. The lowest BCUT2D eigenvalue weighted by atomic mass is 10.2. The molecule has 0 saturated heterocycles. The van der Waals surface area contributed by atoms with Gasteiger partial charge in [-0.2, -0.15) is 0 Å². The van der Waals surface area contributed by atoms with E-state index >= 15 is 0 Å². The van der Waals surface area contributed by atoms with Crippen LogP contribution in [-0.2, 0) is 0 Å². The molecule has 2 rings (SSSR count). The van der Waals surface area contributed by atoms with Gasteiger partial charge in [-0.15, -0.1) is 0 Å². The first-order chi connectivity index (χ1) is 8.19. The van der Waals surface area contributed by atoms with Crippen molar-refractivity contribution >= 4 is 11.4 Å². The van der Waals surface area contributed by atoms with Crippen LogP contribution in [0.25, 0.3) is 0 Å². The molecular formula is C13H12FNO2. The van der Waals surface area contributed by atoms with Crippen molar-refractivity contribution in [2.45, 2.75) is 0 Å². The number of benzene rings is 2. The monoisotopic (exact) mass is 233 g/mol. The van der Waals surface area contributed by atoms with Crippen molar-refractivity contribution in [1.29, 1.82) is 0 Å². The summed E-state index contributed by atoms with van der Waals surface area (Å²) >= 11 is 0. The topological polar surface area (TPSA) is 41.5 Å². The standard InChI is InChI=1S/C13H12FNO2/c1-17-11-5-6-13(12(14)8-11)15-9-3-2-4-10(16)7-9/h2-8,15-16H,1H3. The summed E-state index contributed by atoms with van der Waals surface area (Å²) in [6.45, 7) is 0. The second-order valence-electron chi connectivity index (χ2n) is 3.52. The Hall–Kier alpha value is -2.23. The van der Waals surface area contributed by atoms with Crippen molar-refractivity contribution in [2.75, 3.05) is 12.4 Å². The average Bonchev–Trinajstić information content (AvgIpc) is 2.32. The van der Waals surface area contributed by atoms with Crippen LogP contribution in [0.5, 0.6) is 11.5 Å². The second-order valence-corrected chi connectivity index (χ2v) is 3.52. The molecule has 0 aliphatic heterocycles. The Morgan fingerprint density at radius 1 is 1.18 bits per heavy atom. The number of halogens is 1. The number of aromatic hydroxyl groups is 1. The zero-order valence-corrected chi connectivity index (χ0v) is 9.27. The third kappa shape index (κ3) is 2.66. The minimum Gasteiger partial charge on any atom is -0.508 e. The molecule has 0 aliphatic carbocycles. The number of nitrogens with one attached hydrogen (secondary N) is 1. The summed E-state index contributed by atoms with van der Waals surface area (Å²) in [7, 11) is 1.48. The summed E-state index contributed by atoms with van der Waals surface area (Å²) in [5, 5.41) is 12.2. The van der Waals surface area contributed by atoms with Crippen LogP contribution in [0.3, 0.4) is 0 Å². The Kier molecular flexibility index (Phi) is 3.14. The lowest BCUT2D eigenvalue weighted by molar-refractivity contribution is 0.411. The summed E-state index contributed by atoms with van der Waals surface area (Å²) in [5.74, 6) is 0.181. The van der Waals surface area contributed by atoms with Crippen molar-refractivity contribution in [3.8, 4) is 11.5 Å². The second kappa shape index (κ2) is 4.74. The zero-order chi connectivity index (χ0) is 12.3. The highest BCUT2D eigenvalue weighted by atomic mass is 19.1. The maximum Gasteiger partial charge on any atom is 0.150 e. The van der Waals surface area contributed by atoms with E-state index in [1.165, 1.54) is 19.2 Å². The van der Waals surface area contributed by atoms with Gasteiger partial charge in [0.1, 0.15) is 17.3 Å². The zero-order valence-electron chi connectivity index (χ0n) is 9.27. The smallest absolute Gasteiger partial charge is 0.150 e. The van der Waals surface area contributed by atoms with Gasteiger partial charge in [-0.1, -0.05) is 6.07 Å². The lowest BCUT2D eigenvalue weighted by Gasteiger charge is -2.09. The van der Waals surface area contributed by atoms with E-state index in [1.807, 2.05) is 0 Å². The van der Waals surface area contributed by atoms with E-state index in [-0.39, 0.29) is 5.75 Å². The van der Waals surface area contributed by atoms with Crippen LogP contribution in [0.2, 0.25) is 0 Å². The number of phenols is 1. The minimum absolute atomic E-state index is 0.129. The lowest BCUT2D eigenvalue weighted by Crippen LogP contribution is -1.94. The van der Waals surface area contributed by atoms with Crippen molar-refractivity contribution in [3.63, 3.8) is 0 Å². The molecule has 0 aromatic heterocycles. The van der Waals surface area contributed by atoms with Gasteiger partial charge in [-0.25, -0.2) is 4.39 Å².